The van der Waals surface area contributed by atoms with Crippen LogP contribution in [0.15, 0.2) is 204 Å². The summed E-state index contributed by atoms with van der Waals surface area (Å²) in [6, 6.07) is 67.4. The molecule has 8 nitrogen and oxygen atoms in total. The minimum absolute atomic E-state index is 0. The zero-order valence-electron chi connectivity index (χ0n) is 58.4. The van der Waals surface area contributed by atoms with E-state index in [1.54, 1.807) is 0 Å². The summed E-state index contributed by atoms with van der Waals surface area (Å²) in [6.07, 6.45) is 3.79. The fraction of sp³-hybridized carbons (Fsp3) is 0.310. The van der Waals surface area contributed by atoms with E-state index in [-0.39, 0.29) is 65.4 Å². The summed E-state index contributed by atoms with van der Waals surface area (Å²) in [6.45, 7) is 36.8. The van der Waals surface area contributed by atoms with Crippen molar-refractivity contribution >= 4 is 78.8 Å². The van der Waals surface area contributed by atoms with Gasteiger partial charge < -0.3 is 30.6 Å². The summed E-state index contributed by atoms with van der Waals surface area (Å²) in [7, 11) is 0. The Morgan fingerprint density at radius 1 is 0.287 bits per heavy atom. The predicted molar refractivity (Wildman–Crippen MR) is 396 cm³/mol. The van der Waals surface area contributed by atoms with Crippen LogP contribution in [0.3, 0.4) is 0 Å². The van der Waals surface area contributed by atoms with E-state index in [9.17, 15) is 0 Å². The Kier molecular flexibility index (Phi) is 27.9. The van der Waals surface area contributed by atoms with Crippen LogP contribution in [-0.2, 0) is 78.5 Å². The van der Waals surface area contributed by atoms with Gasteiger partial charge in [0.05, 0.1) is 11.4 Å². The van der Waals surface area contributed by atoms with E-state index in [4.69, 9.17) is 20.6 Å². The molecule has 0 amide bonds. The molecule has 4 aromatic heterocycles. The van der Waals surface area contributed by atoms with Crippen LogP contribution in [0.5, 0.6) is 0 Å². The largest absolute Gasteiger partial charge is 3.00 e. The van der Waals surface area contributed by atoms with E-state index in [0.29, 0.717) is 60.4 Å². The predicted octanol–water partition coefficient (Wildman–Crippen LogP) is 24.1. The van der Waals surface area contributed by atoms with Crippen molar-refractivity contribution in [3.63, 3.8) is 0 Å². The van der Waals surface area contributed by atoms with Crippen LogP contribution >= 0.6 is 0 Å². The van der Waals surface area contributed by atoms with Gasteiger partial charge in [0.1, 0.15) is 0 Å². The van der Waals surface area contributed by atoms with E-state index in [1.807, 2.05) is 61.0 Å². The monoisotopic (exact) mass is 1390 g/mol. The molecular weight excluding hydrogens is 1300 g/mol. The fourth-order valence-corrected chi connectivity index (χ4v) is 11.8. The minimum Gasteiger partial charge on any atom is -0.682 e. The molecule has 10 heteroatoms. The average molecular weight is 1390 g/mol. The first kappa shape index (κ1) is 74.5. The molecule has 0 radical (unpaired) electrons. The number of para-hydroxylation sites is 8. The second kappa shape index (κ2) is 35.2. The fourth-order valence-electron chi connectivity index (χ4n) is 11.8. The summed E-state index contributed by atoms with van der Waals surface area (Å²) in [5, 5.41) is 14.6. The van der Waals surface area contributed by atoms with Gasteiger partial charge in [-0.25, -0.2) is 0 Å². The standard InChI is InChI=1S/2C21H24N2.2C21H23N2.2Y/c4*1-14(2)18-9-7-10-19(15(3)4)21(18)22-13-17-12-16-8-5-6-11-20(16)23-17;;/h2*5-12,14-15H,13H2,1-4H3;2*5-15H,1-4H3;;/q2*-2;2*-1;2*+3. The number of aromatic nitrogens is 4. The third-order valence-corrected chi connectivity index (χ3v) is 16.8. The second-order valence-corrected chi connectivity index (χ2v) is 26.6. The summed E-state index contributed by atoms with van der Waals surface area (Å²) < 4.78 is 0. The van der Waals surface area contributed by atoms with Crippen LogP contribution in [0, 0.1) is 0 Å². The zero-order chi connectivity index (χ0) is 65.6. The molecule has 0 N–H and O–H groups in total. The Morgan fingerprint density at radius 2 is 0.521 bits per heavy atom. The molecular formula is C84H94N8Y2. The van der Waals surface area contributed by atoms with Crippen molar-refractivity contribution in [1.82, 2.24) is 19.9 Å². The van der Waals surface area contributed by atoms with Crippen LogP contribution in [-0.4, -0.2) is 12.4 Å². The van der Waals surface area contributed by atoms with Gasteiger partial charge in [-0.05, 0) is 91.1 Å². The Morgan fingerprint density at radius 3 is 0.766 bits per heavy atom. The van der Waals surface area contributed by atoms with Gasteiger partial charge in [0.15, 0.2) is 0 Å². The molecule has 0 unspecified atom stereocenters. The van der Waals surface area contributed by atoms with Crippen molar-refractivity contribution in [2.24, 2.45) is 9.98 Å². The molecule has 0 bridgehead atoms. The van der Waals surface area contributed by atoms with Crippen LogP contribution in [0.4, 0.5) is 22.7 Å². The maximum atomic E-state index is 4.95. The van der Waals surface area contributed by atoms with E-state index in [2.05, 4.69) is 276 Å². The summed E-state index contributed by atoms with van der Waals surface area (Å²) in [4.78, 5) is 28.3. The Balaban J connectivity index is 0.000000176. The van der Waals surface area contributed by atoms with Gasteiger partial charge in [-0.1, -0.05) is 327 Å². The Labute approximate surface area is 611 Å². The molecule has 0 aliphatic heterocycles. The number of fused-ring (bicyclic) bond motifs is 4. The van der Waals surface area contributed by atoms with Gasteiger partial charge in [-0.3, -0.25) is 9.98 Å². The number of aliphatic imine (C=N–C) groups is 2. The van der Waals surface area contributed by atoms with E-state index in [0.717, 1.165) is 78.4 Å². The van der Waals surface area contributed by atoms with Crippen molar-refractivity contribution in [3.8, 4) is 0 Å². The van der Waals surface area contributed by atoms with Crippen molar-refractivity contribution < 1.29 is 65.4 Å². The topological polar surface area (TPSA) is 109 Å². The number of rotatable bonds is 18. The summed E-state index contributed by atoms with van der Waals surface area (Å²) in [5.41, 5.74) is 23.1. The molecule has 94 heavy (non-hydrogen) atoms. The third-order valence-electron chi connectivity index (χ3n) is 16.8. The van der Waals surface area contributed by atoms with Gasteiger partial charge in [-0.2, -0.15) is 11.4 Å². The van der Waals surface area contributed by atoms with Crippen molar-refractivity contribution in [2.75, 3.05) is 0 Å². The van der Waals surface area contributed by atoms with Crippen molar-refractivity contribution in [2.45, 2.75) is 171 Å². The van der Waals surface area contributed by atoms with Crippen molar-refractivity contribution in [3.05, 3.63) is 272 Å². The molecule has 0 aliphatic carbocycles. The zero-order valence-corrected chi connectivity index (χ0v) is 64.1. The molecule has 12 rings (SSSR count). The van der Waals surface area contributed by atoms with E-state index in [1.165, 1.54) is 55.3 Å². The van der Waals surface area contributed by atoms with Crippen LogP contribution < -0.4 is 19.9 Å². The first-order valence-corrected chi connectivity index (χ1v) is 33.3. The molecule has 4 heterocycles. The molecule has 12 aromatic rings. The first-order chi connectivity index (χ1) is 44.2. The maximum Gasteiger partial charge on any atom is 3.00 e. The number of hydrogen-bond donors (Lipinski definition) is 0. The maximum absolute atomic E-state index is 4.95. The summed E-state index contributed by atoms with van der Waals surface area (Å²) >= 11 is 0. The van der Waals surface area contributed by atoms with Gasteiger partial charge in [0, 0.05) is 12.4 Å². The van der Waals surface area contributed by atoms with Crippen molar-refractivity contribution in [1.29, 1.82) is 0 Å². The number of nitrogens with zero attached hydrogens (tertiary/aromatic N) is 8. The van der Waals surface area contributed by atoms with Gasteiger partial charge in [0.25, 0.3) is 0 Å². The molecule has 0 aliphatic rings. The number of benzene rings is 8. The molecule has 0 saturated carbocycles. The van der Waals surface area contributed by atoms with E-state index < -0.39 is 0 Å². The Bertz CT molecular complexity index is 3890. The van der Waals surface area contributed by atoms with Crippen LogP contribution in [0.2, 0.25) is 0 Å². The average Bonchev–Trinajstić information content (AvgIpc) is 1.65. The first-order valence-electron chi connectivity index (χ1n) is 33.3. The molecule has 8 aromatic carbocycles. The molecule has 476 valence electrons. The van der Waals surface area contributed by atoms with Crippen LogP contribution in [0.1, 0.15) is 225 Å². The Hall–Kier alpha value is -6.93. The summed E-state index contributed by atoms with van der Waals surface area (Å²) in [5.74, 6) is 3.69. The third kappa shape index (κ3) is 19.2. The van der Waals surface area contributed by atoms with E-state index >= 15 is 0 Å². The molecule has 0 spiro atoms. The van der Waals surface area contributed by atoms with Gasteiger partial charge >= 0.3 is 65.4 Å². The molecule has 0 saturated heterocycles. The van der Waals surface area contributed by atoms with Gasteiger partial charge in [-0.15, -0.1) is 57.9 Å². The molecule has 0 atom stereocenters. The number of hydrogen-bond acceptors (Lipinski definition) is 2. The van der Waals surface area contributed by atoms with Gasteiger partial charge in [0.2, 0.25) is 0 Å². The quantitative estimate of drug-likeness (QED) is 0.0797. The normalized spacial score (nSPS) is 11.6. The smallest absolute Gasteiger partial charge is 0.682 e. The molecule has 0 fully saturated rings. The minimum atomic E-state index is 0. The van der Waals surface area contributed by atoms with Crippen LogP contribution in [0.25, 0.3) is 54.2 Å². The second-order valence-electron chi connectivity index (χ2n) is 26.6. The SMILES string of the molecule is CC(C)c1cccc(C(C)C)c1N=Cc1cc2ccccc2[n-]1.CC(C)c1cccc(C(C)C)c1N=Cc1cc2ccccc2[n-]1.CC(C)c1cccc(C(C)C)c1[N-]Cc1cc2ccccc2[n-]1.CC(C)c1cccc(C(C)C)c1[N-]Cc1cc2ccccc2[n-]1.[Y+3].[Y+3].